The van der Waals surface area contributed by atoms with Crippen molar-refractivity contribution in [3.63, 3.8) is 0 Å². The third kappa shape index (κ3) is 9.03. The second-order valence-electron chi connectivity index (χ2n) is 3.10. The van der Waals surface area contributed by atoms with Gasteiger partial charge in [0.05, 0.1) is 0 Å². The number of rotatable bonds is 9. The van der Waals surface area contributed by atoms with Gasteiger partial charge < -0.3 is 0 Å². The SMILES string of the molecule is CCCOC(CC[CH2][SnH])OCCC. The maximum absolute atomic E-state index is 5.59. The first kappa shape index (κ1) is 13.7. The molecule has 0 aliphatic rings. The van der Waals surface area contributed by atoms with Crippen LogP contribution >= 0.6 is 0 Å². The molecule has 0 aromatic rings. The number of hydrogen-bond donors (Lipinski definition) is 0. The number of ether oxygens (including phenoxy) is 2. The van der Waals surface area contributed by atoms with E-state index in [1.54, 1.807) is 0 Å². The Kier molecular flexibility index (Phi) is 11.4. The molecule has 0 saturated heterocycles. The van der Waals surface area contributed by atoms with Gasteiger partial charge in [0.25, 0.3) is 0 Å². The molecule has 0 aromatic heterocycles. The summed E-state index contributed by atoms with van der Waals surface area (Å²) in [4.78, 5) is 0. The van der Waals surface area contributed by atoms with Crippen LogP contribution in [0.2, 0.25) is 4.44 Å². The first-order valence-corrected chi connectivity index (χ1v) is 7.61. The van der Waals surface area contributed by atoms with E-state index in [1.165, 1.54) is 33.4 Å². The molecule has 2 radical (unpaired) electrons. The Balaban J connectivity index is 3.47. The summed E-state index contributed by atoms with van der Waals surface area (Å²) in [6.07, 6.45) is 4.53. The molecule has 0 fully saturated rings. The first-order chi connectivity index (χ1) is 6.35. The molecule has 0 rings (SSSR count). The van der Waals surface area contributed by atoms with Crippen molar-refractivity contribution in [2.75, 3.05) is 13.2 Å². The summed E-state index contributed by atoms with van der Waals surface area (Å²) in [6.45, 7) is 5.91. The molecule has 0 bridgehead atoms. The van der Waals surface area contributed by atoms with Crippen LogP contribution in [0.25, 0.3) is 0 Å². The van der Waals surface area contributed by atoms with Crippen molar-refractivity contribution in [3.8, 4) is 0 Å². The van der Waals surface area contributed by atoms with E-state index in [0.717, 1.165) is 32.5 Å². The first-order valence-electron chi connectivity index (χ1n) is 5.28. The van der Waals surface area contributed by atoms with Crippen LogP contribution in [-0.2, 0) is 9.47 Å². The molecule has 3 heteroatoms. The predicted molar refractivity (Wildman–Crippen MR) is 57.5 cm³/mol. The van der Waals surface area contributed by atoms with Gasteiger partial charge in [-0.2, -0.15) is 0 Å². The van der Waals surface area contributed by atoms with E-state index in [4.69, 9.17) is 9.47 Å². The van der Waals surface area contributed by atoms with Crippen LogP contribution in [0.5, 0.6) is 0 Å². The Morgan fingerprint density at radius 2 is 1.62 bits per heavy atom. The van der Waals surface area contributed by atoms with Gasteiger partial charge in [-0.3, -0.25) is 0 Å². The third-order valence-electron chi connectivity index (χ3n) is 1.66. The molecule has 0 atom stereocenters. The summed E-state index contributed by atoms with van der Waals surface area (Å²) in [5.41, 5.74) is 0. The van der Waals surface area contributed by atoms with Gasteiger partial charge in [0, 0.05) is 0 Å². The molecule has 0 N–H and O–H groups in total. The van der Waals surface area contributed by atoms with Crippen LogP contribution in [0.15, 0.2) is 0 Å². The summed E-state index contributed by atoms with van der Waals surface area (Å²) < 4.78 is 12.5. The van der Waals surface area contributed by atoms with E-state index < -0.39 is 0 Å². The van der Waals surface area contributed by atoms with Gasteiger partial charge in [-0.05, 0) is 0 Å². The summed E-state index contributed by atoms with van der Waals surface area (Å²) in [5, 5.41) is 0. The van der Waals surface area contributed by atoms with Gasteiger partial charge in [0.1, 0.15) is 0 Å². The molecule has 0 saturated carbocycles. The normalized spacial score (nSPS) is 11.1. The summed E-state index contributed by atoms with van der Waals surface area (Å²) in [7, 11) is 0. The van der Waals surface area contributed by atoms with Crippen molar-refractivity contribution >= 4 is 22.5 Å². The third-order valence-corrected chi connectivity index (χ3v) is 2.82. The summed E-state index contributed by atoms with van der Waals surface area (Å²) >= 11 is 1.35. The Morgan fingerprint density at radius 1 is 1.08 bits per heavy atom. The standard InChI is InChI=1S/C10H21O2.Sn.H/c1-4-7-10(11-8-5-2)12-9-6-3;;/h10H,1,4-9H2,2-3H3;;. The molecule has 78 valence electrons. The van der Waals surface area contributed by atoms with Crippen LogP contribution in [0.3, 0.4) is 0 Å². The van der Waals surface area contributed by atoms with Gasteiger partial charge in [-0.25, -0.2) is 0 Å². The van der Waals surface area contributed by atoms with Crippen LogP contribution in [0.4, 0.5) is 0 Å². The van der Waals surface area contributed by atoms with Crippen molar-refractivity contribution in [1.29, 1.82) is 0 Å². The van der Waals surface area contributed by atoms with Crippen LogP contribution < -0.4 is 0 Å². The van der Waals surface area contributed by atoms with Gasteiger partial charge in [-0.15, -0.1) is 0 Å². The Bertz CT molecular complexity index is 79.9. The van der Waals surface area contributed by atoms with E-state index in [9.17, 15) is 0 Å². The number of hydrogen-bond acceptors (Lipinski definition) is 2. The Hall–Kier alpha value is 0.719. The van der Waals surface area contributed by atoms with Crippen molar-refractivity contribution in [2.24, 2.45) is 0 Å². The Morgan fingerprint density at radius 3 is 2.00 bits per heavy atom. The molecule has 0 aliphatic carbocycles. The topological polar surface area (TPSA) is 18.5 Å². The fourth-order valence-electron chi connectivity index (χ4n) is 0.998. The van der Waals surface area contributed by atoms with E-state index in [2.05, 4.69) is 13.8 Å². The molecule has 0 aromatic carbocycles. The zero-order chi connectivity index (χ0) is 9.94. The molecule has 2 nitrogen and oxygen atoms in total. The zero-order valence-corrected chi connectivity index (χ0v) is 12.2. The average Bonchev–Trinajstić information content (AvgIpc) is 2.17. The van der Waals surface area contributed by atoms with Crippen LogP contribution in [-0.4, -0.2) is 42.0 Å². The molecular weight excluding hydrogens is 271 g/mol. The van der Waals surface area contributed by atoms with E-state index in [1.807, 2.05) is 0 Å². The Labute approximate surface area is 95.5 Å². The van der Waals surface area contributed by atoms with E-state index in [-0.39, 0.29) is 6.29 Å². The van der Waals surface area contributed by atoms with Gasteiger partial charge in [0.2, 0.25) is 0 Å². The van der Waals surface area contributed by atoms with Gasteiger partial charge in [0.15, 0.2) is 0 Å². The molecule has 0 unspecified atom stereocenters. The molecule has 13 heavy (non-hydrogen) atoms. The predicted octanol–water partition coefficient (Wildman–Crippen LogP) is 2.27. The molecular formula is C10H22O2Sn. The average molecular weight is 293 g/mol. The van der Waals surface area contributed by atoms with Crippen LogP contribution in [0, 0.1) is 0 Å². The molecule has 0 amide bonds. The quantitative estimate of drug-likeness (QED) is 0.479. The van der Waals surface area contributed by atoms with Gasteiger partial charge >= 0.3 is 95.5 Å². The minimum atomic E-state index is 0.0623. The van der Waals surface area contributed by atoms with Crippen LogP contribution in [0.1, 0.15) is 39.5 Å². The second-order valence-corrected chi connectivity index (χ2v) is 4.75. The fraction of sp³-hybridized carbons (Fsp3) is 1.00. The van der Waals surface area contributed by atoms with Crippen molar-refractivity contribution in [1.82, 2.24) is 0 Å². The van der Waals surface area contributed by atoms with Crippen molar-refractivity contribution in [3.05, 3.63) is 0 Å². The molecule has 0 aliphatic heterocycles. The minimum absolute atomic E-state index is 0.0623. The van der Waals surface area contributed by atoms with E-state index in [0.29, 0.717) is 0 Å². The molecule has 0 heterocycles. The fourth-order valence-corrected chi connectivity index (χ4v) is 1.67. The molecule has 0 spiro atoms. The maximum atomic E-state index is 5.59. The van der Waals surface area contributed by atoms with Crippen molar-refractivity contribution < 1.29 is 9.47 Å². The second kappa shape index (κ2) is 10.8. The summed E-state index contributed by atoms with van der Waals surface area (Å²) in [5.74, 6) is 0. The van der Waals surface area contributed by atoms with Crippen molar-refractivity contribution in [2.45, 2.75) is 50.3 Å². The summed E-state index contributed by atoms with van der Waals surface area (Å²) in [6, 6.07) is 0. The van der Waals surface area contributed by atoms with E-state index >= 15 is 0 Å². The zero-order valence-electron chi connectivity index (χ0n) is 8.92. The van der Waals surface area contributed by atoms with Gasteiger partial charge in [-0.1, -0.05) is 0 Å². The monoisotopic (exact) mass is 294 g/mol.